The van der Waals surface area contributed by atoms with E-state index in [-0.39, 0.29) is 12.2 Å². The van der Waals surface area contributed by atoms with Gasteiger partial charge in [-0.15, -0.1) is 11.3 Å². The summed E-state index contributed by atoms with van der Waals surface area (Å²) < 4.78 is 5.83. The monoisotopic (exact) mass is 306 g/mol. The predicted octanol–water partition coefficient (Wildman–Crippen LogP) is 3.13. The molecule has 0 aromatic carbocycles. The highest BCUT2D eigenvalue weighted by molar-refractivity contribution is 7.16. The van der Waals surface area contributed by atoms with Crippen LogP contribution in [0.15, 0.2) is 11.4 Å². The van der Waals surface area contributed by atoms with Gasteiger partial charge in [0.2, 0.25) is 5.95 Å². The van der Waals surface area contributed by atoms with Crippen LogP contribution in [-0.4, -0.2) is 41.8 Å². The van der Waals surface area contributed by atoms with Crippen LogP contribution in [0.2, 0.25) is 0 Å². The molecule has 1 aliphatic heterocycles. The van der Waals surface area contributed by atoms with Crippen molar-refractivity contribution < 1.29 is 4.74 Å². The summed E-state index contributed by atoms with van der Waals surface area (Å²) >= 11 is 1.67. The van der Waals surface area contributed by atoms with Crippen LogP contribution in [0.1, 0.15) is 27.2 Å². The number of anilines is 2. The summed E-state index contributed by atoms with van der Waals surface area (Å²) in [5, 5.41) is 6.53. The number of thiophene rings is 1. The average Bonchev–Trinajstić information content (AvgIpc) is 2.91. The molecule has 0 aliphatic carbocycles. The van der Waals surface area contributed by atoms with Crippen LogP contribution in [0, 0.1) is 0 Å². The minimum absolute atomic E-state index is 0.226. The lowest BCUT2D eigenvalue weighted by molar-refractivity contribution is -0.00536. The van der Waals surface area contributed by atoms with Gasteiger partial charge < -0.3 is 15.0 Å². The van der Waals surface area contributed by atoms with E-state index in [2.05, 4.69) is 47.4 Å². The molecule has 1 aliphatic rings. The van der Waals surface area contributed by atoms with E-state index in [0.717, 1.165) is 48.0 Å². The molecule has 21 heavy (non-hydrogen) atoms. The molecule has 0 spiro atoms. The largest absolute Gasteiger partial charge is 0.372 e. The fraction of sp³-hybridized carbons (Fsp3) is 0.600. The molecule has 0 saturated carbocycles. The molecule has 1 fully saturated rings. The molecule has 2 aromatic heterocycles. The molecule has 2 unspecified atom stereocenters. The number of hydrogen-bond donors (Lipinski definition) is 1. The Hall–Kier alpha value is -1.40. The molecule has 1 N–H and O–H groups in total. The van der Waals surface area contributed by atoms with Crippen LogP contribution in [0.5, 0.6) is 0 Å². The Morgan fingerprint density at radius 3 is 2.81 bits per heavy atom. The fourth-order valence-corrected chi connectivity index (χ4v) is 3.51. The molecule has 0 bridgehead atoms. The predicted molar refractivity (Wildman–Crippen MR) is 88.4 cm³/mol. The van der Waals surface area contributed by atoms with Gasteiger partial charge in [-0.3, -0.25) is 0 Å². The molecule has 114 valence electrons. The van der Waals surface area contributed by atoms with Crippen molar-refractivity contribution in [2.75, 3.05) is 29.9 Å². The SMILES string of the molecule is CCCNc1nc(N2CC(C)OC(C)C2)c2ccsc2n1. The van der Waals surface area contributed by atoms with E-state index in [1.54, 1.807) is 11.3 Å². The van der Waals surface area contributed by atoms with Crippen molar-refractivity contribution in [1.29, 1.82) is 0 Å². The van der Waals surface area contributed by atoms with Crippen molar-refractivity contribution >= 4 is 33.3 Å². The molecular weight excluding hydrogens is 284 g/mol. The molecule has 2 atom stereocenters. The van der Waals surface area contributed by atoms with E-state index in [1.807, 2.05) is 0 Å². The van der Waals surface area contributed by atoms with Crippen molar-refractivity contribution in [3.05, 3.63) is 11.4 Å². The van der Waals surface area contributed by atoms with E-state index >= 15 is 0 Å². The number of nitrogens with zero attached hydrogens (tertiary/aromatic N) is 3. The van der Waals surface area contributed by atoms with Crippen LogP contribution >= 0.6 is 11.3 Å². The average molecular weight is 306 g/mol. The first-order valence-corrected chi connectivity index (χ1v) is 8.45. The Kier molecular flexibility index (Phi) is 4.26. The smallest absolute Gasteiger partial charge is 0.226 e. The lowest BCUT2D eigenvalue weighted by Crippen LogP contribution is -2.46. The van der Waals surface area contributed by atoms with Gasteiger partial charge in [0.05, 0.1) is 17.6 Å². The van der Waals surface area contributed by atoms with Crippen LogP contribution < -0.4 is 10.2 Å². The number of nitrogens with one attached hydrogen (secondary N) is 1. The van der Waals surface area contributed by atoms with Crippen LogP contribution in [0.3, 0.4) is 0 Å². The second-order valence-corrected chi connectivity index (χ2v) is 6.49. The molecule has 1 saturated heterocycles. The summed E-state index contributed by atoms with van der Waals surface area (Å²) in [7, 11) is 0. The quantitative estimate of drug-likeness (QED) is 0.940. The van der Waals surface area contributed by atoms with E-state index in [0.29, 0.717) is 0 Å². The maximum absolute atomic E-state index is 5.83. The third-order valence-corrected chi connectivity index (χ3v) is 4.36. The normalized spacial score (nSPS) is 22.7. The second kappa shape index (κ2) is 6.15. The Balaban J connectivity index is 1.97. The summed E-state index contributed by atoms with van der Waals surface area (Å²) in [4.78, 5) is 12.7. The topological polar surface area (TPSA) is 50.3 Å². The first-order valence-electron chi connectivity index (χ1n) is 7.57. The zero-order valence-electron chi connectivity index (χ0n) is 12.8. The maximum atomic E-state index is 5.83. The van der Waals surface area contributed by atoms with Crippen LogP contribution in [0.25, 0.3) is 10.2 Å². The van der Waals surface area contributed by atoms with Gasteiger partial charge in [-0.25, -0.2) is 4.98 Å². The van der Waals surface area contributed by atoms with Gasteiger partial charge in [-0.2, -0.15) is 4.98 Å². The number of morpholine rings is 1. The Morgan fingerprint density at radius 2 is 2.10 bits per heavy atom. The zero-order valence-corrected chi connectivity index (χ0v) is 13.6. The van der Waals surface area contributed by atoms with Crippen molar-refractivity contribution in [1.82, 2.24) is 9.97 Å². The summed E-state index contributed by atoms with van der Waals surface area (Å²) in [6, 6.07) is 2.11. The van der Waals surface area contributed by atoms with Gasteiger partial charge in [0.25, 0.3) is 0 Å². The second-order valence-electron chi connectivity index (χ2n) is 5.60. The lowest BCUT2D eigenvalue weighted by atomic mass is 10.2. The molecule has 6 heteroatoms. The third-order valence-electron chi connectivity index (χ3n) is 3.56. The van der Waals surface area contributed by atoms with E-state index in [9.17, 15) is 0 Å². The van der Waals surface area contributed by atoms with Gasteiger partial charge in [0.1, 0.15) is 10.6 Å². The van der Waals surface area contributed by atoms with E-state index < -0.39 is 0 Å². The number of rotatable bonds is 4. The highest BCUT2D eigenvalue weighted by Gasteiger charge is 2.25. The van der Waals surface area contributed by atoms with E-state index in [4.69, 9.17) is 9.72 Å². The highest BCUT2D eigenvalue weighted by atomic mass is 32.1. The molecule has 0 amide bonds. The van der Waals surface area contributed by atoms with E-state index in [1.165, 1.54) is 0 Å². The summed E-state index contributed by atoms with van der Waals surface area (Å²) in [5.74, 6) is 1.76. The summed E-state index contributed by atoms with van der Waals surface area (Å²) in [6.07, 6.45) is 1.51. The number of aromatic nitrogens is 2. The molecule has 3 rings (SSSR count). The van der Waals surface area contributed by atoms with Gasteiger partial charge >= 0.3 is 0 Å². The van der Waals surface area contributed by atoms with Crippen molar-refractivity contribution in [3.63, 3.8) is 0 Å². The Morgan fingerprint density at radius 1 is 1.33 bits per heavy atom. The lowest BCUT2D eigenvalue weighted by Gasteiger charge is -2.36. The first-order chi connectivity index (χ1) is 10.2. The van der Waals surface area contributed by atoms with Gasteiger partial charge in [-0.05, 0) is 31.7 Å². The van der Waals surface area contributed by atoms with Crippen molar-refractivity contribution in [2.45, 2.75) is 39.4 Å². The van der Waals surface area contributed by atoms with Gasteiger partial charge in [0, 0.05) is 19.6 Å². The molecule has 2 aromatic rings. The molecule has 3 heterocycles. The minimum atomic E-state index is 0.226. The third kappa shape index (κ3) is 3.11. The van der Waals surface area contributed by atoms with Crippen LogP contribution in [0.4, 0.5) is 11.8 Å². The number of fused-ring (bicyclic) bond motifs is 1. The van der Waals surface area contributed by atoms with Crippen molar-refractivity contribution in [2.24, 2.45) is 0 Å². The highest BCUT2D eigenvalue weighted by Crippen LogP contribution is 2.30. The molecule has 5 nitrogen and oxygen atoms in total. The number of ether oxygens (including phenoxy) is 1. The number of hydrogen-bond acceptors (Lipinski definition) is 6. The Bertz CT molecular complexity index is 605. The minimum Gasteiger partial charge on any atom is -0.372 e. The fourth-order valence-electron chi connectivity index (χ4n) is 2.75. The summed E-state index contributed by atoms with van der Waals surface area (Å²) in [6.45, 7) is 9.02. The van der Waals surface area contributed by atoms with Gasteiger partial charge in [-0.1, -0.05) is 6.92 Å². The Labute approximate surface area is 129 Å². The summed E-state index contributed by atoms with van der Waals surface area (Å²) in [5.41, 5.74) is 0. The standard InChI is InChI=1S/C15H22N4OS/c1-4-6-16-15-17-13(12-5-7-21-14(12)18-15)19-8-10(2)20-11(3)9-19/h5,7,10-11H,4,6,8-9H2,1-3H3,(H,16,17,18). The molecular formula is C15H22N4OS. The van der Waals surface area contributed by atoms with Gasteiger partial charge in [0.15, 0.2) is 0 Å². The first kappa shape index (κ1) is 14.5. The van der Waals surface area contributed by atoms with Crippen molar-refractivity contribution in [3.8, 4) is 0 Å². The maximum Gasteiger partial charge on any atom is 0.226 e. The molecule has 0 radical (unpaired) electrons. The zero-order chi connectivity index (χ0) is 14.8. The van der Waals surface area contributed by atoms with Crippen LogP contribution in [-0.2, 0) is 4.74 Å².